The van der Waals surface area contributed by atoms with Crippen LogP contribution in [0.5, 0.6) is 0 Å². The third-order valence-electron chi connectivity index (χ3n) is 2.48. The molecule has 0 aliphatic carbocycles. The van der Waals surface area contributed by atoms with Crippen LogP contribution >= 0.6 is 0 Å². The number of aryl methyl sites for hydroxylation is 1. The topological polar surface area (TPSA) is 25.2 Å². The fraction of sp³-hybridized carbons (Fsp3) is 0.538. The summed E-state index contributed by atoms with van der Waals surface area (Å²) in [5, 5.41) is 3.42. The molecule has 1 unspecified atom stereocenters. The molecule has 1 rings (SSSR count). The van der Waals surface area contributed by atoms with Crippen LogP contribution in [0.1, 0.15) is 43.6 Å². The Bertz CT molecular complexity index is 322. The van der Waals surface area contributed by atoms with Gasteiger partial charge in [-0.15, -0.1) is 12.3 Å². The molecule has 0 saturated heterocycles. The zero-order valence-electron chi connectivity index (χ0n) is 9.55. The van der Waals surface area contributed by atoms with Gasteiger partial charge in [-0.1, -0.05) is 6.92 Å². The molecule has 0 bridgehead atoms. The quantitative estimate of drug-likeness (QED) is 0.570. The van der Waals surface area contributed by atoms with E-state index < -0.39 is 0 Å². The van der Waals surface area contributed by atoms with E-state index in [1.54, 1.807) is 6.26 Å². The molecule has 0 radical (unpaired) electrons. The second-order valence-electron chi connectivity index (χ2n) is 3.67. The monoisotopic (exact) mass is 205 g/mol. The maximum atomic E-state index is 5.50. The summed E-state index contributed by atoms with van der Waals surface area (Å²) >= 11 is 0. The molecule has 2 heteroatoms. The highest BCUT2D eigenvalue weighted by atomic mass is 16.3. The van der Waals surface area contributed by atoms with E-state index in [-0.39, 0.29) is 0 Å². The molecular weight excluding hydrogens is 186 g/mol. The molecule has 15 heavy (non-hydrogen) atoms. The molecular formula is C13H19NO. The first-order valence-electron chi connectivity index (χ1n) is 5.50. The van der Waals surface area contributed by atoms with E-state index in [2.05, 4.69) is 25.1 Å². The summed E-state index contributed by atoms with van der Waals surface area (Å²) in [6.07, 6.45) is 9.89. The van der Waals surface area contributed by atoms with Gasteiger partial charge in [-0.05, 0) is 37.9 Å². The molecule has 82 valence electrons. The molecule has 0 aliphatic heterocycles. The minimum absolute atomic E-state index is 0.304. The molecule has 0 spiro atoms. The van der Waals surface area contributed by atoms with Crippen LogP contribution in [0.2, 0.25) is 0 Å². The Morgan fingerprint density at radius 2 is 2.40 bits per heavy atom. The summed E-state index contributed by atoms with van der Waals surface area (Å²) in [7, 11) is 0. The lowest BCUT2D eigenvalue weighted by Gasteiger charge is -2.15. The van der Waals surface area contributed by atoms with Crippen molar-refractivity contribution in [3.05, 3.63) is 23.7 Å². The molecule has 0 saturated carbocycles. The molecule has 1 N–H and O–H groups in total. The second kappa shape index (κ2) is 6.31. The van der Waals surface area contributed by atoms with Crippen molar-refractivity contribution in [1.29, 1.82) is 0 Å². The van der Waals surface area contributed by atoms with Crippen LogP contribution in [0.3, 0.4) is 0 Å². The number of unbranched alkanes of at least 4 members (excludes halogenated alkanes) is 1. The Balaban J connectivity index is 2.58. The molecule has 0 aromatic carbocycles. The van der Waals surface area contributed by atoms with Crippen LogP contribution in [0, 0.1) is 19.3 Å². The van der Waals surface area contributed by atoms with E-state index in [4.69, 9.17) is 10.8 Å². The van der Waals surface area contributed by atoms with Gasteiger partial charge in [0.15, 0.2) is 0 Å². The fourth-order valence-corrected chi connectivity index (χ4v) is 1.72. The molecule has 2 nitrogen and oxygen atoms in total. The predicted molar refractivity (Wildman–Crippen MR) is 62.5 cm³/mol. The first-order chi connectivity index (χ1) is 7.29. The van der Waals surface area contributed by atoms with Gasteiger partial charge in [-0.2, -0.15) is 0 Å². The van der Waals surface area contributed by atoms with Crippen molar-refractivity contribution >= 4 is 0 Å². The number of rotatable bonds is 6. The van der Waals surface area contributed by atoms with Crippen LogP contribution < -0.4 is 5.32 Å². The number of furan rings is 1. The van der Waals surface area contributed by atoms with Crippen molar-refractivity contribution in [2.24, 2.45) is 0 Å². The van der Waals surface area contributed by atoms with Gasteiger partial charge in [0.1, 0.15) is 5.76 Å². The molecule has 0 aliphatic rings. The van der Waals surface area contributed by atoms with Crippen molar-refractivity contribution < 1.29 is 4.42 Å². The van der Waals surface area contributed by atoms with Crippen LogP contribution in [-0.4, -0.2) is 6.54 Å². The van der Waals surface area contributed by atoms with Crippen molar-refractivity contribution in [3.8, 4) is 12.3 Å². The van der Waals surface area contributed by atoms with Gasteiger partial charge in [-0.25, -0.2) is 0 Å². The second-order valence-corrected chi connectivity index (χ2v) is 3.67. The lowest BCUT2D eigenvalue weighted by molar-refractivity contribution is 0.394. The van der Waals surface area contributed by atoms with Crippen molar-refractivity contribution in [1.82, 2.24) is 5.32 Å². The van der Waals surface area contributed by atoms with E-state index in [1.165, 1.54) is 5.56 Å². The number of hydrogen-bond donors (Lipinski definition) is 1. The van der Waals surface area contributed by atoms with E-state index >= 15 is 0 Å². The molecule has 1 aromatic rings. The minimum Gasteiger partial charge on any atom is -0.467 e. The predicted octanol–water partition coefficient (Wildman–Crippen LogP) is 3.04. The van der Waals surface area contributed by atoms with Gasteiger partial charge in [0.25, 0.3) is 0 Å². The largest absolute Gasteiger partial charge is 0.467 e. The standard InChI is InChI=1S/C13H19NO/c1-4-6-7-8-12(14-5-2)13-11(3)9-10-15-13/h1,9-10,12,14H,5-8H2,2-3H3. The average molecular weight is 205 g/mol. The lowest BCUT2D eigenvalue weighted by atomic mass is 10.0. The smallest absolute Gasteiger partial charge is 0.123 e. The Hall–Kier alpha value is -1.20. The SMILES string of the molecule is C#CCCCC(NCC)c1occc1C. The summed E-state index contributed by atoms with van der Waals surface area (Å²) in [6.45, 7) is 5.12. The van der Waals surface area contributed by atoms with E-state index in [9.17, 15) is 0 Å². The van der Waals surface area contributed by atoms with Crippen molar-refractivity contribution in [2.75, 3.05) is 6.54 Å². The van der Waals surface area contributed by atoms with Gasteiger partial charge < -0.3 is 9.73 Å². The first kappa shape index (κ1) is 11.9. The first-order valence-corrected chi connectivity index (χ1v) is 5.50. The van der Waals surface area contributed by atoms with E-state index in [0.29, 0.717) is 6.04 Å². The highest BCUT2D eigenvalue weighted by Gasteiger charge is 2.14. The Labute approximate surface area is 92.1 Å². The fourth-order valence-electron chi connectivity index (χ4n) is 1.72. The highest BCUT2D eigenvalue weighted by molar-refractivity contribution is 5.18. The van der Waals surface area contributed by atoms with Gasteiger partial charge in [0.2, 0.25) is 0 Å². The Kier molecular flexibility index (Phi) is 5.00. The molecule has 1 heterocycles. The van der Waals surface area contributed by atoms with Gasteiger partial charge >= 0.3 is 0 Å². The molecule has 0 fully saturated rings. The normalized spacial score (nSPS) is 12.3. The summed E-state index contributed by atoms with van der Waals surface area (Å²) in [5.41, 5.74) is 1.21. The number of hydrogen-bond acceptors (Lipinski definition) is 2. The Morgan fingerprint density at radius 3 is 2.93 bits per heavy atom. The third-order valence-corrected chi connectivity index (χ3v) is 2.48. The van der Waals surface area contributed by atoms with Crippen LogP contribution in [0.25, 0.3) is 0 Å². The maximum Gasteiger partial charge on any atom is 0.123 e. The number of terminal acetylenes is 1. The minimum atomic E-state index is 0.304. The van der Waals surface area contributed by atoms with Crippen molar-refractivity contribution in [2.45, 2.75) is 39.2 Å². The Morgan fingerprint density at radius 1 is 1.60 bits per heavy atom. The lowest BCUT2D eigenvalue weighted by Crippen LogP contribution is -2.21. The third kappa shape index (κ3) is 3.45. The zero-order chi connectivity index (χ0) is 11.1. The van der Waals surface area contributed by atoms with E-state index in [1.807, 2.05) is 6.07 Å². The highest BCUT2D eigenvalue weighted by Crippen LogP contribution is 2.23. The van der Waals surface area contributed by atoms with Crippen LogP contribution in [-0.2, 0) is 0 Å². The van der Waals surface area contributed by atoms with Gasteiger partial charge in [-0.3, -0.25) is 0 Å². The number of nitrogens with one attached hydrogen (secondary N) is 1. The summed E-state index contributed by atoms with van der Waals surface area (Å²) in [6, 6.07) is 2.30. The maximum absolute atomic E-state index is 5.50. The van der Waals surface area contributed by atoms with Crippen LogP contribution in [0.15, 0.2) is 16.7 Å². The molecule has 1 aromatic heterocycles. The van der Waals surface area contributed by atoms with Crippen molar-refractivity contribution in [3.63, 3.8) is 0 Å². The summed E-state index contributed by atoms with van der Waals surface area (Å²) in [4.78, 5) is 0. The van der Waals surface area contributed by atoms with Crippen LogP contribution in [0.4, 0.5) is 0 Å². The van der Waals surface area contributed by atoms with Gasteiger partial charge in [0.05, 0.1) is 12.3 Å². The summed E-state index contributed by atoms with van der Waals surface area (Å²) in [5.74, 6) is 3.72. The summed E-state index contributed by atoms with van der Waals surface area (Å²) < 4.78 is 5.50. The molecule has 1 atom stereocenters. The van der Waals surface area contributed by atoms with E-state index in [0.717, 1.165) is 31.6 Å². The molecule has 0 amide bonds. The average Bonchev–Trinajstić information content (AvgIpc) is 2.64. The zero-order valence-corrected chi connectivity index (χ0v) is 9.55. The van der Waals surface area contributed by atoms with Gasteiger partial charge in [0, 0.05) is 6.42 Å².